The number of carbonyl (C=O) groups excluding carboxylic acids is 4. The van der Waals surface area contributed by atoms with Crippen molar-refractivity contribution >= 4 is 35.6 Å². The maximum atomic E-state index is 12.8. The van der Waals surface area contributed by atoms with Crippen LogP contribution in [0.25, 0.3) is 0 Å². The Morgan fingerprint density at radius 1 is 1.00 bits per heavy atom. The molecule has 14 nitrogen and oxygen atoms in total. The third-order valence-electron chi connectivity index (χ3n) is 4.94. The van der Waals surface area contributed by atoms with E-state index in [2.05, 4.69) is 10.6 Å². The minimum Gasteiger partial charge on any atom is -0.481 e. The lowest BCUT2D eigenvalue weighted by molar-refractivity contribution is -0.145. The van der Waals surface area contributed by atoms with Crippen LogP contribution in [0.5, 0.6) is 0 Å². The molecule has 1 rings (SSSR count). The lowest BCUT2D eigenvalue weighted by Gasteiger charge is -2.29. The first-order valence-corrected chi connectivity index (χ1v) is 9.98. The van der Waals surface area contributed by atoms with Gasteiger partial charge in [0, 0.05) is 19.4 Å². The number of carbonyl (C=O) groups is 6. The van der Waals surface area contributed by atoms with E-state index in [1.54, 1.807) is 0 Å². The fourth-order valence-corrected chi connectivity index (χ4v) is 3.19. The second-order valence-electron chi connectivity index (χ2n) is 7.38. The first-order chi connectivity index (χ1) is 15.0. The van der Waals surface area contributed by atoms with Crippen LogP contribution >= 0.6 is 0 Å². The SMILES string of the molecule is NC(=O)CCC(NC(=O)C1CCCN1C(=O)C(CO)NC(=O)C(N)CCC(=O)O)C(=O)O. The molecule has 180 valence electrons. The van der Waals surface area contributed by atoms with E-state index in [-0.39, 0.29) is 38.6 Å². The van der Waals surface area contributed by atoms with Gasteiger partial charge in [-0.25, -0.2) is 4.79 Å². The predicted octanol–water partition coefficient (Wildman–Crippen LogP) is -3.52. The lowest BCUT2D eigenvalue weighted by Crippen LogP contribution is -2.57. The lowest BCUT2D eigenvalue weighted by atomic mass is 10.1. The number of hydrogen-bond acceptors (Lipinski definition) is 8. The molecule has 0 aromatic carbocycles. The number of likely N-dealkylation sites (tertiary alicyclic amines) is 1. The molecule has 9 N–H and O–H groups in total. The van der Waals surface area contributed by atoms with Crippen molar-refractivity contribution in [1.29, 1.82) is 0 Å². The second-order valence-corrected chi connectivity index (χ2v) is 7.38. The molecule has 32 heavy (non-hydrogen) atoms. The first-order valence-electron chi connectivity index (χ1n) is 9.98. The molecule has 0 bridgehead atoms. The highest BCUT2D eigenvalue weighted by Gasteiger charge is 2.39. The zero-order chi connectivity index (χ0) is 24.4. The van der Waals surface area contributed by atoms with Crippen LogP contribution < -0.4 is 22.1 Å². The van der Waals surface area contributed by atoms with Gasteiger partial charge < -0.3 is 42.3 Å². The van der Waals surface area contributed by atoms with Gasteiger partial charge in [-0.3, -0.25) is 24.0 Å². The molecule has 1 fully saturated rings. The van der Waals surface area contributed by atoms with Crippen LogP contribution in [-0.2, 0) is 28.8 Å². The Balaban J connectivity index is 2.79. The zero-order valence-corrected chi connectivity index (χ0v) is 17.4. The third kappa shape index (κ3) is 8.11. The minimum atomic E-state index is -1.42. The molecular weight excluding hydrogens is 430 g/mol. The van der Waals surface area contributed by atoms with Crippen molar-refractivity contribution in [3.63, 3.8) is 0 Å². The Kier molecular flexibility index (Phi) is 10.5. The van der Waals surface area contributed by atoms with Crippen molar-refractivity contribution in [3.8, 4) is 0 Å². The summed E-state index contributed by atoms with van der Waals surface area (Å²) >= 11 is 0. The van der Waals surface area contributed by atoms with E-state index in [0.29, 0.717) is 6.42 Å². The van der Waals surface area contributed by atoms with Gasteiger partial charge >= 0.3 is 11.9 Å². The summed E-state index contributed by atoms with van der Waals surface area (Å²) in [6, 6.07) is -5.05. The maximum Gasteiger partial charge on any atom is 0.326 e. The van der Waals surface area contributed by atoms with E-state index in [1.165, 1.54) is 0 Å². The molecule has 0 radical (unpaired) electrons. The van der Waals surface area contributed by atoms with E-state index in [4.69, 9.17) is 16.6 Å². The Morgan fingerprint density at radius 3 is 2.19 bits per heavy atom. The van der Waals surface area contributed by atoms with Gasteiger partial charge in [-0.1, -0.05) is 0 Å². The van der Waals surface area contributed by atoms with Gasteiger partial charge in [-0.05, 0) is 25.7 Å². The van der Waals surface area contributed by atoms with Crippen molar-refractivity contribution in [1.82, 2.24) is 15.5 Å². The van der Waals surface area contributed by atoms with E-state index in [1.807, 2.05) is 0 Å². The number of carboxylic acid groups (broad SMARTS) is 2. The Morgan fingerprint density at radius 2 is 1.66 bits per heavy atom. The molecule has 4 amide bonds. The van der Waals surface area contributed by atoms with Gasteiger partial charge in [0.1, 0.15) is 18.1 Å². The molecular formula is C18H29N5O9. The number of amides is 4. The van der Waals surface area contributed by atoms with Crippen LogP contribution in [0.4, 0.5) is 0 Å². The number of aliphatic carboxylic acids is 2. The number of nitrogens with two attached hydrogens (primary N) is 2. The van der Waals surface area contributed by atoms with Crippen molar-refractivity contribution < 1.29 is 44.1 Å². The molecule has 1 saturated heterocycles. The van der Waals surface area contributed by atoms with Crippen molar-refractivity contribution in [2.45, 2.75) is 62.7 Å². The van der Waals surface area contributed by atoms with Gasteiger partial charge in [0.05, 0.1) is 12.6 Å². The van der Waals surface area contributed by atoms with Gasteiger partial charge in [0.2, 0.25) is 23.6 Å². The van der Waals surface area contributed by atoms with E-state index in [9.17, 15) is 39.0 Å². The van der Waals surface area contributed by atoms with E-state index in [0.717, 1.165) is 4.90 Å². The van der Waals surface area contributed by atoms with Crippen LogP contribution in [0.1, 0.15) is 38.5 Å². The topological polar surface area (TPSA) is 242 Å². The summed E-state index contributed by atoms with van der Waals surface area (Å²) in [6.07, 6.45) is -0.367. The highest BCUT2D eigenvalue weighted by atomic mass is 16.4. The molecule has 0 saturated carbocycles. The fourth-order valence-electron chi connectivity index (χ4n) is 3.19. The monoisotopic (exact) mass is 459 g/mol. The maximum absolute atomic E-state index is 12.8. The van der Waals surface area contributed by atoms with Crippen molar-refractivity contribution in [3.05, 3.63) is 0 Å². The average molecular weight is 459 g/mol. The Labute approximate surface area is 183 Å². The molecule has 0 spiro atoms. The minimum absolute atomic E-state index is 0.132. The number of aliphatic hydroxyl groups excluding tert-OH is 1. The van der Waals surface area contributed by atoms with E-state index >= 15 is 0 Å². The molecule has 1 aliphatic heterocycles. The number of nitrogens with one attached hydrogen (secondary N) is 2. The smallest absolute Gasteiger partial charge is 0.326 e. The number of hydrogen-bond donors (Lipinski definition) is 7. The number of nitrogens with zero attached hydrogens (tertiary/aromatic N) is 1. The van der Waals surface area contributed by atoms with Crippen LogP contribution in [0, 0.1) is 0 Å². The van der Waals surface area contributed by atoms with Gasteiger partial charge in [-0.2, -0.15) is 0 Å². The predicted molar refractivity (Wildman–Crippen MR) is 107 cm³/mol. The number of primary amides is 1. The van der Waals surface area contributed by atoms with Crippen LogP contribution in [-0.4, -0.2) is 93.1 Å². The summed E-state index contributed by atoms with van der Waals surface area (Å²) in [6.45, 7) is -0.662. The van der Waals surface area contributed by atoms with Gasteiger partial charge in [-0.15, -0.1) is 0 Å². The highest BCUT2D eigenvalue weighted by molar-refractivity contribution is 5.94. The standard InChI is InChI=1S/C18H29N5O9/c19-9(3-6-14(26)27)15(28)22-11(8-24)17(30)23-7-1-2-12(23)16(29)21-10(18(31)32)4-5-13(20)25/h9-12,24H,1-8,19H2,(H2,20,25)(H,21,29)(H,22,28)(H,26,27)(H,31,32). The number of aliphatic hydroxyl groups is 1. The van der Waals surface area contributed by atoms with Crippen molar-refractivity contribution in [2.75, 3.05) is 13.2 Å². The summed E-state index contributed by atoms with van der Waals surface area (Å²) in [5, 5.41) is 32.0. The summed E-state index contributed by atoms with van der Waals surface area (Å²) in [4.78, 5) is 71.5. The first kappa shape index (κ1) is 26.8. The highest BCUT2D eigenvalue weighted by Crippen LogP contribution is 2.19. The van der Waals surface area contributed by atoms with Crippen LogP contribution in [0.3, 0.4) is 0 Å². The summed E-state index contributed by atoms with van der Waals surface area (Å²) < 4.78 is 0. The summed E-state index contributed by atoms with van der Waals surface area (Å²) in [5.41, 5.74) is 10.6. The fraction of sp³-hybridized carbons (Fsp3) is 0.667. The van der Waals surface area contributed by atoms with E-state index < -0.39 is 66.3 Å². The molecule has 0 aliphatic carbocycles. The number of carboxylic acids is 2. The quantitative estimate of drug-likeness (QED) is 0.143. The summed E-state index contributed by atoms with van der Waals surface area (Å²) in [5.74, 6) is -5.61. The largest absolute Gasteiger partial charge is 0.481 e. The summed E-state index contributed by atoms with van der Waals surface area (Å²) in [7, 11) is 0. The normalized spacial score (nSPS) is 18.3. The average Bonchev–Trinajstić information content (AvgIpc) is 3.21. The van der Waals surface area contributed by atoms with Crippen molar-refractivity contribution in [2.24, 2.45) is 11.5 Å². The molecule has 1 aliphatic rings. The van der Waals surface area contributed by atoms with Crippen LogP contribution in [0.15, 0.2) is 0 Å². The molecule has 4 atom stereocenters. The number of rotatable bonds is 13. The second kappa shape index (κ2) is 12.6. The Bertz CT molecular complexity index is 744. The Hall–Kier alpha value is -3.26. The molecule has 0 aromatic heterocycles. The van der Waals surface area contributed by atoms with Gasteiger partial charge in [0.25, 0.3) is 0 Å². The molecule has 1 heterocycles. The third-order valence-corrected chi connectivity index (χ3v) is 4.94. The molecule has 14 heteroatoms. The zero-order valence-electron chi connectivity index (χ0n) is 17.4. The van der Waals surface area contributed by atoms with Gasteiger partial charge in [0.15, 0.2) is 0 Å². The van der Waals surface area contributed by atoms with Crippen LogP contribution in [0.2, 0.25) is 0 Å². The molecule has 4 unspecified atom stereocenters. The molecule has 0 aromatic rings.